The van der Waals surface area contributed by atoms with E-state index in [-0.39, 0.29) is 18.1 Å². The lowest BCUT2D eigenvalue weighted by Gasteiger charge is -2.34. The van der Waals surface area contributed by atoms with Crippen molar-refractivity contribution in [1.29, 1.82) is 0 Å². The Labute approximate surface area is 90.2 Å². The molecule has 1 aliphatic carbocycles. The van der Waals surface area contributed by atoms with Gasteiger partial charge in [0, 0.05) is 18.0 Å². The van der Waals surface area contributed by atoms with Crippen LogP contribution < -0.4 is 0 Å². The van der Waals surface area contributed by atoms with E-state index in [1.807, 2.05) is 0 Å². The second kappa shape index (κ2) is 4.00. The summed E-state index contributed by atoms with van der Waals surface area (Å²) in [7, 11) is 0. The molecule has 15 heavy (non-hydrogen) atoms. The molecule has 2 aliphatic heterocycles. The van der Waals surface area contributed by atoms with Crippen LogP contribution >= 0.6 is 0 Å². The summed E-state index contributed by atoms with van der Waals surface area (Å²) in [5.41, 5.74) is 0.00838. The molecule has 3 fully saturated rings. The van der Waals surface area contributed by atoms with Crippen molar-refractivity contribution in [1.82, 2.24) is 4.90 Å². The molecule has 0 aromatic rings. The summed E-state index contributed by atoms with van der Waals surface area (Å²) in [5, 5.41) is 9.20. The van der Waals surface area contributed by atoms with Crippen molar-refractivity contribution in [2.24, 2.45) is 5.41 Å². The first kappa shape index (κ1) is 10.7. The average molecular weight is 213 g/mol. The first-order chi connectivity index (χ1) is 7.21. The molecule has 3 aliphatic rings. The number of unbranched alkanes of at least 4 members (excludes halogenated alkanes) is 1. The van der Waals surface area contributed by atoms with E-state index in [2.05, 4.69) is 6.92 Å². The van der Waals surface area contributed by atoms with Crippen LogP contribution in [0.5, 0.6) is 0 Å². The van der Waals surface area contributed by atoms with Crippen LogP contribution in [0.3, 0.4) is 0 Å². The second-order valence-electron chi connectivity index (χ2n) is 4.82. The number of nitrogens with zero attached hydrogens (tertiary/aromatic N) is 1. The topological polar surface area (TPSA) is 49.8 Å². The zero-order chi connectivity index (χ0) is 10.9. The van der Waals surface area contributed by atoms with Crippen LogP contribution in [0.1, 0.15) is 32.6 Å². The highest BCUT2D eigenvalue weighted by Gasteiger charge is 2.56. The van der Waals surface area contributed by atoms with Crippen LogP contribution in [0.4, 0.5) is 4.79 Å². The van der Waals surface area contributed by atoms with Crippen LogP contribution in [0.15, 0.2) is 0 Å². The summed E-state index contributed by atoms with van der Waals surface area (Å²) in [6.45, 7) is 3.47. The Hall–Kier alpha value is -0.770. The van der Waals surface area contributed by atoms with Gasteiger partial charge in [-0.1, -0.05) is 13.3 Å². The zero-order valence-electron chi connectivity index (χ0n) is 9.24. The van der Waals surface area contributed by atoms with E-state index in [1.54, 1.807) is 4.90 Å². The molecule has 86 valence electrons. The maximum absolute atomic E-state index is 11.6. The van der Waals surface area contributed by atoms with Gasteiger partial charge in [-0.25, -0.2) is 4.79 Å². The Morgan fingerprint density at radius 1 is 1.60 bits per heavy atom. The number of aliphatic hydroxyl groups excluding tert-OH is 1. The van der Waals surface area contributed by atoms with E-state index in [0.29, 0.717) is 19.2 Å². The summed E-state index contributed by atoms with van der Waals surface area (Å²) in [4.78, 5) is 13.4. The van der Waals surface area contributed by atoms with Gasteiger partial charge in [0.15, 0.2) is 0 Å². The maximum atomic E-state index is 11.6. The molecule has 4 nitrogen and oxygen atoms in total. The van der Waals surface area contributed by atoms with Crippen molar-refractivity contribution in [3.05, 3.63) is 0 Å². The van der Waals surface area contributed by atoms with Gasteiger partial charge in [0.1, 0.15) is 0 Å². The number of ether oxygens (including phenoxy) is 1. The average Bonchev–Trinajstić information content (AvgIpc) is 2.72. The zero-order valence-corrected chi connectivity index (χ0v) is 9.24. The number of amides is 1. The number of hydrogen-bond acceptors (Lipinski definition) is 3. The van der Waals surface area contributed by atoms with E-state index in [4.69, 9.17) is 4.74 Å². The fourth-order valence-electron chi connectivity index (χ4n) is 2.56. The molecule has 0 atom stereocenters. The van der Waals surface area contributed by atoms with Crippen LogP contribution in [-0.4, -0.2) is 41.9 Å². The Balaban J connectivity index is 1.79. The van der Waals surface area contributed by atoms with Crippen LogP contribution in [0, 0.1) is 5.41 Å². The van der Waals surface area contributed by atoms with Gasteiger partial charge in [-0.05, 0) is 19.3 Å². The van der Waals surface area contributed by atoms with Crippen molar-refractivity contribution >= 4 is 6.09 Å². The molecule has 0 unspecified atom stereocenters. The lowest BCUT2D eigenvalue weighted by Crippen LogP contribution is -2.38. The minimum atomic E-state index is -0.193. The molecule has 2 bridgehead atoms. The number of carbonyl (C=O) groups excluding carboxylic acids is 1. The van der Waals surface area contributed by atoms with Gasteiger partial charge in [-0.15, -0.1) is 0 Å². The fraction of sp³-hybridized carbons (Fsp3) is 0.909. The highest BCUT2D eigenvalue weighted by Crippen LogP contribution is 2.51. The Kier molecular flexibility index (Phi) is 2.87. The van der Waals surface area contributed by atoms with Gasteiger partial charge in [-0.3, -0.25) is 0 Å². The maximum Gasteiger partial charge on any atom is 0.410 e. The normalized spacial score (nSPS) is 32.7. The monoisotopic (exact) mass is 213 g/mol. The molecule has 0 spiro atoms. The molecule has 2 saturated heterocycles. The Morgan fingerprint density at radius 3 is 2.87 bits per heavy atom. The van der Waals surface area contributed by atoms with Gasteiger partial charge in [0.2, 0.25) is 0 Å². The van der Waals surface area contributed by atoms with Crippen molar-refractivity contribution in [3.8, 4) is 0 Å². The van der Waals surface area contributed by atoms with Crippen molar-refractivity contribution in [3.63, 3.8) is 0 Å². The smallest absolute Gasteiger partial charge is 0.410 e. The lowest BCUT2D eigenvalue weighted by molar-refractivity contribution is 0.0788. The molecular weight excluding hydrogens is 194 g/mol. The molecule has 1 saturated carbocycles. The van der Waals surface area contributed by atoms with Crippen LogP contribution in [0.25, 0.3) is 0 Å². The van der Waals surface area contributed by atoms with Crippen LogP contribution in [-0.2, 0) is 4.74 Å². The third kappa shape index (κ3) is 1.83. The van der Waals surface area contributed by atoms with E-state index in [1.165, 1.54) is 0 Å². The Morgan fingerprint density at radius 2 is 2.33 bits per heavy atom. The first-order valence-electron chi connectivity index (χ1n) is 5.75. The minimum absolute atomic E-state index is 0.00838. The van der Waals surface area contributed by atoms with Gasteiger partial charge >= 0.3 is 6.09 Å². The quantitative estimate of drug-likeness (QED) is 0.718. The van der Waals surface area contributed by atoms with E-state index >= 15 is 0 Å². The number of carbonyl (C=O) groups is 1. The molecule has 0 aromatic carbocycles. The van der Waals surface area contributed by atoms with E-state index < -0.39 is 0 Å². The Bertz CT molecular complexity index is 248. The number of hydrogen-bond donors (Lipinski definition) is 1. The number of rotatable bonds is 4. The van der Waals surface area contributed by atoms with Crippen molar-refractivity contribution < 1.29 is 14.6 Å². The third-order valence-corrected chi connectivity index (χ3v) is 3.58. The standard InChI is InChI=1S/C11H19NO3/c1-2-3-4-15-10(14)12-7-11(8-13)5-9(12)6-11/h9,13H,2-8H2,1H3. The molecule has 1 amide bonds. The van der Waals surface area contributed by atoms with Crippen LogP contribution in [0.2, 0.25) is 0 Å². The molecule has 0 radical (unpaired) electrons. The number of aliphatic hydroxyl groups is 1. The molecule has 3 rings (SSSR count). The van der Waals surface area contributed by atoms with Gasteiger partial charge < -0.3 is 14.7 Å². The van der Waals surface area contributed by atoms with Gasteiger partial charge in [-0.2, -0.15) is 0 Å². The molecule has 1 N–H and O–H groups in total. The highest BCUT2D eigenvalue weighted by atomic mass is 16.6. The summed E-state index contributed by atoms with van der Waals surface area (Å²) in [5.74, 6) is 0. The summed E-state index contributed by atoms with van der Waals surface area (Å²) >= 11 is 0. The minimum Gasteiger partial charge on any atom is -0.449 e. The molecule has 2 heterocycles. The van der Waals surface area contributed by atoms with Crippen molar-refractivity contribution in [2.45, 2.75) is 38.6 Å². The third-order valence-electron chi connectivity index (χ3n) is 3.58. The summed E-state index contributed by atoms with van der Waals surface area (Å²) < 4.78 is 5.16. The second-order valence-corrected chi connectivity index (χ2v) is 4.82. The van der Waals surface area contributed by atoms with Gasteiger partial charge in [0.05, 0.1) is 13.2 Å². The first-order valence-corrected chi connectivity index (χ1v) is 5.75. The van der Waals surface area contributed by atoms with Gasteiger partial charge in [0.25, 0.3) is 0 Å². The largest absolute Gasteiger partial charge is 0.449 e. The SMILES string of the molecule is CCCCOC(=O)N1CC2(CO)CC1C2. The predicted molar refractivity (Wildman–Crippen MR) is 55.5 cm³/mol. The highest BCUT2D eigenvalue weighted by molar-refractivity contribution is 5.69. The summed E-state index contributed by atoms with van der Waals surface area (Å²) in [6.07, 6.45) is 3.67. The van der Waals surface area contributed by atoms with E-state index in [0.717, 1.165) is 25.7 Å². The fourth-order valence-corrected chi connectivity index (χ4v) is 2.56. The molecule has 0 aromatic heterocycles. The molecule has 4 heteroatoms. The molecular formula is C11H19NO3. The number of fused-ring (bicyclic) bond motifs is 1. The van der Waals surface area contributed by atoms with E-state index in [9.17, 15) is 9.90 Å². The lowest BCUT2D eigenvalue weighted by atomic mass is 9.71. The predicted octanol–water partition coefficient (Wildman–Crippen LogP) is 1.38. The summed E-state index contributed by atoms with van der Waals surface area (Å²) in [6, 6.07) is 0.325. The van der Waals surface area contributed by atoms with Crippen molar-refractivity contribution in [2.75, 3.05) is 19.8 Å².